The number of thiazole rings is 1. The van der Waals surface area contributed by atoms with E-state index in [0.717, 1.165) is 21.5 Å². The van der Waals surface area contributed by atoms with Crippen molar-refractivity contribution in [1.82, 2.24) is 15.2 Å². The van der Waals surface area contributed by atoms with Crippen molar-refractivity contribution in [3.05, 3.63) is 29.8 Å². The van der Waals surface area contributed by atoms with Gasteiger partial charge in [0.15, 0.2) is 0 Å². The number of nitrogen functional groups attached to an aromatic ring is 1. The van der Waals surface area contributed by atoms with Crippen LogP contribution in [0.15, 0.2) is 29.8 Å². The highest BCUT2D eigenvalue weighted by atomic mass is 32.1. The van der Waals surface area contributed by atoms with Crippen molar-refractivity contribution in [3.8, 4) is 11.3 Å². The van der Waals surface area contributed by atoms with Crippen molar-refractivity contribution in [2.24, 2.45) is 0 Å². The van der Waals surface area contributed by atoms with Gasteiger partial charge in [-0.25, -0.2) is 4.98 Å². The molecule has 0 saturated carbocycles. The van der Waals surface area contributed by atoms with Crippen LogP contribution in [0.4, 0.5) is 5.82 Å². The van der Waals surface area contributed by atoms with Gasteiger partial charge in [0.05, 0.1) is 21.4 Å². The predicted octanol–water partition coefficient (Wildman–Crippen LogP) is 2.27. The van der Waals surface area contributed by atoms with Crippen molar-refractivity contribution in [2.75, 3.05) is 5.73 Å². The molecule has 0 bridgehead atoms. The molecule has 0 atom stereocenters. The Morgan fingerprint density at radius 1 is 1.33 bits per heavy atom. The molecule has 1 aromatic carbocycles. The van der Waals surface area contributed by atoms with Crippen molar-refractivity contribution in [3.63, 3.8) is 0 Å². The van der Waals surface area contributed by atoms with E-state index >= 15 is 0 Å². The Morgan fingerprint density at radius 3 is 3.07 bits per heavy atom. The Balaban J connectivity index is 2.30. The average molecular weight is 216 g/mol. The molecule has 0 aliphatic rings. The second-order valence-corrected chi connectivity index (χ2v) is 4.07. The molecule has 0 amide bonds. The van der Waals surface area contributed by atoms with E-state index < -0.39 is 0 Å². The summed E-state index contributed by atoms with van der Waals surface area (Å²) in [5.41, 5.74) is 10.5. The van der Waals surface area contributed by atoms with E-state index in [4.69, 9.17) is 5.73 Å². The van der Waals surface area contributed by atoms with Gasteiger partial charge in [-0.15, -0.1) is 11.3 Å². The van der Waals surface area contributed by atoms with E-state index in [2.05, 4.69) is 15.2 Å². The van der Waals surface area contributed by atoms with Crippen LogP contribution in [0.2, 0.25) is 0 Å². The quantitative estimate of drug-likeness (QED) is 0.655. The van der Waals surface area contributed by atoms with Crippen LogP contribution >= 0.6 is 11.3 Å². The molecule has 4 nitrogen and oxygen atoms in total. The Hall–Kier alpha value is -1.88. The number of nitrogens with zero attached hydrogens (tertiary/aromatic N) is 2. The maximum atomic E-state index is 5.58. The predicted molar refractivity (Wildman–Crippen MR) is 61.6 cm³/mol. The maximum Gasteiger partial charge on any atom is 0.145 e. The highest BCUT2D eigenvalue weighted by molar-refractivity contribution is 7.17. The van der Waals surface area contributed by atoms with Gasteiger partial charge in [0.2, 0.25) is 0 Å². The fourth-order valence-electron chi connectivity index (χ4n) is 1.57. The van der Waals surface area contributed by atoms with Gasteiger partial charge >= 0.3 is 0 Å². The van der Waals surface area contributed by atoms with Gasteiger partial charge in [-0.3, -0.25) is 5.10 Å². The first kappa shape index (κ1) is 8.43. The topological polar surface area (TPSA) is 67.6 Å². The first-order chi connectivity index (χ1) is 7.34. The SMILES string of the molecule is Nc1cc(-c2cccc3ncsc23)[nH]n1. The summed E-state index contributed by atoms with van der Waals surface area (Å²) in [7, 11) is 0. The summed E-state index contributed by atoms with van der Waals surface area (Å²) in [4.78, 5) is 4.26. The van der Waals surface area contributed by atoms with Crippen LogP contribution in [0.1, 0.15) is 0 Å². The van der Waals surface area contributed by atoms with E-state index in [1.54, 1.807) is 11.3 Å². The zero-order chi connectivity index (χ0) is 10.3. The average Bonchev–Trinajstić information content (AvgIpc) is 2.84. The molecule has 0 radical (unpaired) electrons. The van der Waals surface area contributed by atoms with Crippen LogP contribution in [0, 0.1) is 0 Å². The second-order valence-electron chi connectivity index (χ2n) is 3.21. The molecule has 0 aliphatic carbocycles. The van der Waals surface area contributed by atoms with Gasteiger partial charge in [0.25, 0.3) is 0 Å². The van der Waals surface area contributed by atoms with E-state index in [-0.39, 0.29) is 0 Å². The smallest absolute Gasteiger partial charge is 0.145 e. The van der Waals surface area contributed by atoms with Crippen molar-refractivity contribution < 1.29 is 0 Å². The Kier molecular flexibility index (Phi) is 1.72. The summed E-state index contributed by atoms with van der Waals surface area (Å²) >= 11 is 1.62. The number of hydrogen-bond acceptors (Lipinski definition) is 4. The minimum atomic E-state index is 0.506. The Morgan fingerprint density at radius 2 is 2.27 bits per heavy atom. The number of nitrogens with two attached hydrogens (primary N) is 1. The van der Waals surface area contributed by atoms with Crippen molar-refractivity contribution >= 4 is 27.4 Å². The third kappa shape index (κ3) is 1.28. The number of rotatable bonds is 1. The van der Waals surface area contributed by atoms with Crippen LogP contribution < -0.4 is 5.73 Å². The maximum absolute atomic E-state index is 5.58. The molecule has 0 saturated heterocycles. The van der Waals surface area contributed by atoms with Crippen LogP contribution in [0.3, 0.4) is 0 Å². The molecule has 15 heavy (non-hydrogen) atoms. The lowest BCUT2D eigenvalue weighted by molar-refractivity contribution is 1.10. The molecule has 0 fully saturated rings. The van der Waals surface area contributed by atoms with Gasteiger partial charge in [0, 0.05) is 11.6 Å². The summed E-state index contributed by atoms with van der Waals surface area (Å²) < 4.78 is 1.15. The molecule has 0 aliphatic heterocycles. The minimum absolute atomic E-state index is 0.506. The minimum Gasteiger partial charge on any atom is -0.382 e. The number of aromatic amines is 1. The zero-order valence-electron chi connectivity index (χ0n) is 7.77. The fourth-order valence-corrected chi connectivity index (χ4v) is 2.39. The number of aromatic nitrogens is 3. The third-order valence-electron chi connectivity index (χ3n) is 2.24. The second kappa shape index (κ2) is 3.06. The molecule has 2 aromatic heterocycles. The Bertz CT molecular complexity index is 610. The molecule has 5 heteroatoms. The summed E-state index contributed by atoms with van der Waals surface area (Å²) in [6.07, 6.45) is 0. The number of nitrogens with one attached hydrogen (secondary N) is 1. The lowest BCUT2D eigenvalue weighted by atomic mass is 10.1. The monoisotopic (exact) mass is 216 g/mol. The third-order valence-corrected chi connectivity index (χ3v) is 3.12. The number of anilines is 1. The number of hydrogen-bond donors (Lipinski definition) is 2. The molecule has 3 aromatic rings. The molecule has 2 heterocycles. The molecule has 0 unspecified atom stereocenters. The standard InChI is InChI=1S/C10H8N4S/c11-9-4-8(13-14-9)6-2-1-3-7-10(6)15-5-12-7/h1-5H,(H3,11,13,14). The van der Waals surface area contributed by atoms with Gasteiger partial charge < -0.3 is 5.73 Å². The van der Waals surface area contributed by atoms with Gasteiger partial charge in [0.1, 0.15) is 5.82 Å². The van der Waals surface area contributed by atoms with E-state index in [1.165, 1.54) is 0 Å². The number of fused-ring (bicyclic) bond motifs is 1. The van der Waals surface area contributed by atoms with E-state index in [1.807, 2.05) is 29.8 Å². The molecule has 3 N–H and O–H groups in total. The number of H-pyrrole nitrogens is 1. The normalized spacial score (nSPS) is 10.9. The largest absolute Gasteiger partial charge is 0.382 e. The van der Waals surface area contributed by atoms with Crippen LogP contribution in [0.5, 0.6) is 0 Å². The molecule has 74 valence electrons. The zero-order valence-corrected chi connectivity index (χ0v) is 8.58. The lowest BCUT2D eigenvalue weighted by Gasteiger charge is -1.97. The summed E-state index contributed by atoms with van der Waals surface area (Å²) in [6.45, 7) is 0. The van der Waals surface area contributed by atoms with Gasteiger partial charge in [-0.05, 0) is 6.07 Å². The van der Waals surface area contributed by atoms with Crippen LogP contribution in [-0.2, 0) is 0 Å². The van der Waals surface area contributed by atoms with Gasteiger partial charge in [-0.2, -0.15) is 5.10 Å². The van der Waals surface area contributed by atoms with Crippen molar-refractivity contribution in [1.29, 1.82) is 0 Å². The van der Waals surface area contributed by atoms with E-state index in [0.29, 0.717) is 5.82 Å². The highest BCUT2D eigenvalue weighted by Crippen LogP contribution is 2.30. The fraction of sp³-hybridized carbons (Fsp3) is 0. The Labute approximate surface area is 89.8 Å². The molecule has 3 rings (SSSR count). The first-order valence-electron chi connectivity index (χ1n) is 4.48. The molecular weight excluding hydrogens is 208 g/mol. The molecule has 0 spiro atoms. The highest BCUT2D eigenvalue weighted by Gasteiger charge is 2.07. The van der Waals surface area contributed by atoms with E-state index in [9.17, 15) is 0 Å². The number of benzene rings is 1. The van der Waals surface area contributed by atoms with Crippen LogP contribution in [0.25, 0.3) is 21.5 Å². The van der Waals surface area contributed by atoms with Gasteiger partial charge in [-0.1, -0.05) is 12.1 Å². The van der Waals surface area contributed by atoms with Crippen molar-refractivity contribution in [2.45, 2.75) is 0 Å². The van der Waals surface area contributed by atoms with Crippen LogP contribution in [-0.4, -0.2) is 15.2 Å². The summed E-state index contributed by atoms with van der Waals surface area (Å²) in [5, 5.41) is 6.83. The summed E-state index contributed by atoms with van der Waals surface area (Å²) in [6, 6.07) is 7.84. The summed E-state index contributed by atoms with van der Waals surface area (Å²) in [5.74, 6) is 0.506. The lowest BCUT2D eigenvalue weighted by Crippen LogP contribution is -1.81. The first-order valence-corrected chi connectivity index (χ1v) is 5.36. The molecular formula is C10H8N4S.